The van der Waals surface area contributed by atoms with E-state index in [-0.39, 0.29) is 18.6 Å². The molecular formula is C10H19NO5S. The summed E-state index contributed by atoms with van der Waals surface area (Å²) in [6, 6.07) is 0.0583. The molecule has 0 aliphatic heterocycles. The fraction of sp³-hybridized carbons (Fsp3) is 0.900. The van der Waals surface area contributed by atoms with Crippen LogP contribution in [0.25, 0.3) is 0 Å². The number of amides is 1. The molecule has 0 aromatic rings. The van der Waals surface area contributed by atoms with Gasteiger partial charge in [0.1, 0.15) is 5.60 Å². The first-order chi connectivity index (χ1) is 7.76. The Hall–Kier alpha value is -0.820. The van der Waals surface area contributed by atoms with E-state index in [0.29, 0.717) is 0 Å². The van der Waals surface area contributed by atoms with Crippen LogP contribution >= 0.6 is 0 Å². The number of thiol groups is 1. The lowest BCUT2D eigenvalue weighted by Crippen LogP contribution is -2.47. The molecule has 0 aromatic heterocycles. The van der Waals surface area contributed by atoms with Gasteiger partial charge in [-0.15, -0.1) is 0 Å². The van der Waals surface area contributed by atoms with Crippen molar-refractivity contribution in [3.05, 3.63) is 0 Å². The van der Waals surface area contributed by atoms with Crippen molar-refractivity contribution >= 4 is 17.1 Å². The van der Waals surface area contributed by atoms with Crippen molar-refractivity contribution in [3.63, 3.8) is 0 Å². The van der Waals surface area contributed by atoms with Gasteiger partial charge >= 0.3 is 6.09 Å². The molecule has 0 aromatic carbocycles. The Balaban J connectivity index is 2.15. The first kappa shape index (κ1) is 14.2. The summed E-state index contributed by atoms with van der Waals surface area (Å²) in [7, 11) is -2.77. The molecule has 1 N–H and O–H groups in total. The highest BCUT2D eigenvalue weighted by Gasteiger charge is 2.31. The Morgan fingerprint density at radius 1 is 1.35 bits per heavy atom. The van der Waals surface area contributed by atoms with Crippen molar-refractivity contribution in [1.29, 1.82) is 0 Å². The number of carbonyl (C=O) groups excluding carboxylic acids is 1. The summed E-state index contributed by atoms with van der Waals surface area (Å²) >= 11 is 0. The number of alkyl carbamates (subject to hydrolysis) is 1. The summed E-state index contributed by atoms with van der Waals surface area (Å²) < 4.78 is 30.0. The number of ether oxygens (including phenoxy) is 1. The molecule has 0 radical (unpaired) electrons. The lowest BCUT2D eigenvalue weighted by atomic mass is 9.81. The average molecular weight is 265 g/mol. The lowest BCUT2D eigenvalue weighted by molar-refractivity contribution is 0.0430. The van der Waals surface area contributed by atoms with Gasteiger partial charge in [-0.3, -0.25) is 4.18 Å². The minimum absolute atomic E-state index is 0.0583. The van der Waals surface area contributed by atoms with Gasteiger partial charge in [-0.25, -0.2) is 13.2 Å². The maximum absolute atomic E-state index is 11.4. The van der Waals surface area contributed by atoms with Crippen molar-refractivity contribution in [2.24, 2.45) is 5.92 Å². The van der Waals surface area contributed by atoms with E-state index < -0.39 is 22.7 Å². The van der Waals surface area contributed by atoms with Gasteiger partial charge in [0, 0.05) is 6.04 Å². The molecular weight excluding hydrogens is 246 g/mol. The predicted octanol–water partition coefficient (Wildman–Crippen LogP) is 0.833. The molecule has 1 saturated carbocycles. The molecule has 0 spiro atoms. The zero-order valence-corrected chi connectivity index (χ0v) is 11.2. The van der Waals surface area contributed by atoms with E-state index in [4.69, 9.17) is 4.74 Å². The third-order valence-corrected chi connectivity index (χ3v) is 2.73. The highest BCUT2D eigenvalue weighted by atomic mass is 32.2. The Morgan fingerprint density at radius 3 is 2.41 bits per heavy atom. The zero-order valence-electron chi connectivity index (χ0n) is 10.3. The molecule has 1 aliphatic carbocycles. The zero-order chi connectivity index (χ0) is 13.1. The lowest BCUT2D eigenvalue weighted by Gasteiger charge is -2.35. The molecule has 100 valence electrons. The molecule has 0 atom stereocenters. The van der Waals surface area contributed by atoms with Crippen LogP contribution in [-0.2, 0) is 19.9 Å². The molecule has 7 heteroatoms. The second-order valence-corrected chi connectivity index (χ2v) is 5.91. The number of hydrogen-bond donors (Lipinski definition) is 2. The highest BCUT2D eigenvalue weighted by Crippen LogP contribution is 2.27. The third kappa shape index (κ3) is 5.88. The van der Waals surface area contributed by atoms with Gasteiger partial charge in [-0.2, -0.15) is 0 Å². The van der Waals surface area contributed by atoms with Crippen LogP contribution in [0.1, 0.15) is 33.6 Å². The van der Waals surface area contributed by atoms with Crippen LogP contribution in [0, 0.1) is 5.92 Å². The van der Waals surface area contributed by atoms with Gasteiger partial charge in [0.2, 0.25) is 0 Å². The molecule has 1 rings (SSSR count). The van der Waals surface area contributed by atoms with Crippen LogP contribution in [-0.4, -0.2) is 32.8 Å². The summed E-state index contributed by atoms with van der Waals surface area (Å²) in [6.07, 6.45) is 1.02. The SMILES string of the molecule is CC(C)(C)OC(=O)NC1CC(CO[SH](=O)=O)C1. The van der Waals surface area contributed by atoms with Crippen molar-refractivity contribution in [2.75, 3.05) is 6.61 Å². The summed E-state index contributed by atoms with van der Waals surface area (Å²) in [5, 5.41) is 2.72. The van der Waals surface area contributed by atoms with E-state index in [9.17, 15) is 13.2 Å². The molecule has 1 aliphatic rings. The van der Waals surface area contributed by atoms with E-state index in [1.54, 1.807) is 20.8 Å². The highest BCUT2D eigenvalue weighted by molar-refractivity contribution is 7.67. The second-order valence-electron chi connectivity index (χ2n) is 5.20. The standard InChI is InChI=1S/C10H19NO5S/c1-10(2,3)16-9(12)11-8-4-7(5-8)6-15-17(13)14/h7-8,17H,4-6H2,1-3H3,(H,11,12). The van der Waals surface area contributed by atoms with Gasteiger partial charge < -0.3 is 10.1 Å². The van der Waals surface area contributed by atoms with E-state index in [2.05, 4.69) is 9.50 Å². The van der Waals surface area contributed by atoms with Crippen molar-refractivity contribution in [3.8, 4) is 0 Å². The molecule has 0 bridgehead atoms. The van der Waals surface area contributed by atoms with Gasteiger partial charge in [0.05, 0.1) is 6.61 Å². The smallest absolute Gasteiger partial charge is 0.407 e. The van der Waals surface area contributed by atoms with E-state index in [0.717, 1.165) is 12.8 Å². The minimum atomic E-state index is -2.77. The average Bonchev–Trinajstić information content (AvgIpc) is 2.04. The maximum atomic E-state index is 11.4. The molecule has 1 fully saturated rings. The van der Waals surface area contributed by atoms with Crippen LogP contribution in [0.4, 0.5) is 4.79 Å². The number of hydrogen-bond acceptors (Lipinski definition) is 5. The van der Waals surface area contributed by atoms with Crippen LogP contribution in [0.15, 0.2) is 0 Å². The number of rotatable bonds is 4. The fourth-order valence-corrected chi connectivity index (χ4v) is 1.96. The molecule has 0 saturated heterocycles. The first-order valence-corrected chi connectivity index (χ1v) is 6.62. The van der Waals surface area contributed by atoms with Crippen LogP contribution in [0.5, 0.6) is 0 Å². The molecule has 6 nitrogen and oxygen atoms in total. The van der Waals surface area contributed by atoms with E-state index in [1.165, 1.54) is 0 Å². The molecule has 1 amide bonds. The van der Waals surface area contributed by atoms with Gasteiger partial charge in [-0.05, 0) is 39.5 Å². The van der Waals surface area contributed by atoms with Crippen LogP contribution in [0.2, 0.25) is 0 Å². The van der Waals surface area contributed by atoms with Crippen LogP contribution < -0.4 is 5.32 Å². The first-order valence-electron chi connectivity index (χ1n) is 5.53. The Morgan fingerprint density at radius 2 is 1.94 bits per heavy atom. The predicted molar refractivity (Wildman–Crippen MR) is 62.1 cm³/mol. The van der Waals surface area contributed by atoms with Gasteiger partial charge in [0.25, 0.3) is 11.0 Å². The maximum Gasteiger partial charge on any atom is 0.407 e. The fourth-order valence-electron chi connectivity index (χ4n) is 1.63. The minimum Gasteiger partial charge on any atom is -0.444 e. The molecule has 0 unspecified atom stereocenters. The summed E-state index contributed by atoms with van der Waals surface area (Å²) in [6.45, 7) is 5.60. The van der Waals surface area contributed by atoms with Crippen LogP contribution in [0.3, 0.4) is 0 Å². The normalized spacial score (nSPS) is 24.2. The van der Waals surface area contributed by atoms with Crippen molar-refractivity contribution in [1.82, 2.24) is 5.32 Å². The number of nitrogens with one attached hydrogen (secondary N) is 1. The topological polar surface area (TPSA) is 81.7 Å². The van der Waals surface area contributed by atoms with E-state index in [1.807, 2.05) is 0 Å². The summed E-state index contributed by atoms with van der Waals surface area (Å²) in [4.78, 5) is 11.4. The molecule has 0 heterocycles. The van der Waals surface area contributed by atoms with Gasteiger partial charge in [-0.1, -0.05) is 0 Å². The van der Waals surface area contributed by atoms with Gasteiger partial charge in [0.15, 0.2) is 0 Å². The largest absolute Gasteiger partial charge is 0.444 e. The third-order valence-electron chi connectivity index (χ3n) is 2.37. The Bertz CT molecular complexity index is 333. The molecule has 17 heavy (non-hydrogen) atoms. The second kappa shape index (κ2) is 5.68. The monoisotopic (exact) mass is 265 g/mol. The van der Waals surface area contributed by atoms with Crippen molar-refractivity contribution in [2.45, 2.75) is 45.3 Å². The van der Waals surface area contributed by atoms with Crippen molar-refractivity contribution < 1.29 is 22.1 Å². The summed E-state index contributed by atoms with van der Waals surface area (Å²) in [5.74, 6) is 0.197. The van der Waals surface area contributed by atoms with E-state index >= 15 is 0 Å². The Kier molecular flexibility index (Phi) is 4.76. The number of carbonyl (C=O) groups is 1. The summed E-state index contributed by atoms with van der Waals surface area (Å²) in [5.41, 5.74) is -0.503. The Labute approximate surface area is 103 Å². The quantitative estimate of drug-likeness (QED) is 0.736.